The Hall–Kier alpha value is -0.860. The normalized spacial score (nSPS) is 11.1. The van der Waals surface area contributed by atoms with Crippen LogP contribution in [0.1, 0.15) is 38.7 Å². The van der Waals surface area contributed by atoms with E-state index < -0.39 is 0 Å². The van der Waals surface area contributed by atoms with Crippen molar-refractivity contribution in [3.8, 4) is 0 Å². The van der Waals surface area contributed by atoms with Crippen LogP contribution < -0.4 is 10.6 Å². The van der Waals surface area contributed by atoms with Gasteiger partial charge >= 0.3 is 0 Å². The summed E-state index contributed by atoms with van der Waals surface area (Å²) in [6.07, 6.45) is 4.08. The summed E-state index contributed by atoms with van der Waals surface area (Å²) >= 11 is 0. The smallest absolute Gasteiger partial charge is 0.191 e. The molecular formula is C20H36IN3O2. The van der Waals surface area contributed by atoms with Gasteiger partial charge in [-0.1, -0.05) is 30.3 Å². The molecule has 0 fully saturated rings. The van der Waals surface area contributed by atoms with Gasteiger partial charge in [-0.2, -0.15) is 0 Å². The van der Waals surface area contributed by atoms with Crippen molar-refractivity contribution in [1.29, 1.82) is 0 Å². The zero-order chi connectivity index (χ0) is 18.0. The maximum absolute atomic E-state index is 5.69. The molecule has 0 bridgehead atoms. The van der Waals surface area contributed by atoms with Crippen LogP contribution in [0.15, 0.2) is 35.3 Å². The lowest BCUT2D eigenvalue weighted by molar-refractivity contribution is 0.136. The number of ether oxygens (including phenoxy) is 2. The molecule has 0 spiro atoms. The third-order valence-electron chi connectivity index (χ3n) is 3.65. The van der Waals surface area contributed by atoms with E-state index in [9.17, 15) is 0 Å². The summed E-state index contributed by atoms with van der Waals surface area (Å²) in [6, 6.07) is 10.4. The predicted octanol–water partition coefficient (Wildman–Crippen LogP) is 3.63. The molecule has 5 nitrogen and oxygen atoms in total. The van der Waals surface area contributed by atoms with Crippen LogP contribution in [0.2, 0.25) is 0 Å². The topological polar surface area (TPSA) is 54.9 Å². The number of halogens is 1. The second-order valence-electron chi connectivity index (χ2n) is 5.79. The number of nitrogens with one attached hydrogen (secondary N) is 2. The van der Waals surface area contributed by atoms with E-state index in [1.54, 1.807) is 0 Å². The van der Waals surface area contributed by atoms with Crippen LogP contribution in [0.4, 0.5) is 0 Å². The number of nitrogens with zero attached hydrogens (tertiary/aromatic N) is 1. The molecule has 2 N–H and O–H groups in total. The number of guanidine groups is 1. The van der Waals surface area contributed by atoms with Crippen molar-refractivity contribution in [2.45, 2.75) is 39.5 Å². The number of aliphatic imine (C=N–C) groups is 1. The molecule has 1 aromatic rings. The molecule has 1 aromatic carbocycles. The van der Waals surface area contributed by atoms with E-state index in [4.69, 9.17) is 9.47 Å². The molecular weight excluding hydrogens is 441 g/mol. The van der Waals surface area contributed by atoms with Crippen molar-refractivity contribution in [3.63, 3.8) is 0 Å². The van der Waals surface area contributed by atoms with Gasteiger partial charge < -0.3 is 20.1 Å². The SMILES string of the molecule is CCNC(=NCCCOCCc1ccccc1)NCCCCOCC.I. The molecule has 150 valence electrons. The fourth-order valence-corrected chi connectivity index (χ4v) is 2.32. The Balaban J connectivity index is 0.00000625. The lowest BCUT2D eigenvalue weighted by atomic mass is 10.2. The Morgan fingerprint density at radius 2 is 1.69 bits per heavy atom. The van der Waals surface area contributed by atoms with Gasteiger partial charge in [-0.25, -0.2) is 0 Å². The van der Waals surface area contributed by atoms with Gasteiger partial charge in [-0.05, 0) is 45.1 Å². The number of hydrogen-bond acceptors (Lipinski definition) is 3. The van der Waals surface area contributed by atoms with Gasteiger partial charge in [-0.15, -0.1) is 24.0 Å². The minimum absolute atomic E-state index is 0. The quantitative estimate of drug-likeness (QED) is 0.186. The van der Waals surface area contributed by atoms with E-state index in [1.165, 1.54) is 5.56 Å². The Morgan fingerprint density at radius 1 is 0.923 bits per heavy atom. The highest BCUT2D eigenvalue weighted by Gasteiger charge is 1.97. The van der Waals surface area contributed by atoms with Crippen LogP contribution in [-0.2, 0) is 15.9 Å². The van der Waals surface area contributed by atoms with Gasteiger partial charge in [0.2, 0.25) is 0 Å². The lowest BCUT2D eigenvalue weighted by Gasteiger charge is -2.11. The standard InChI is InChI=1S/C20H35N3O2.HI/c1-3-21-20(22-14-8-9-16-24-4-2)23-15-10-17-25-18-13-19-11-6-5-7-12-19;/h5-7,11-12H,3-4,8-10,13-18H2,1-2H3,(H2,21,22,23);1H. The van der Waals surface area contributed by atoms with Gasteiger partial charge in [-0.3, -0.25) is 4.99 Å². The van der Waals surface area contributed by atoms with Crippen LogP contribution >= 0.6 is 24.0 Å². The van der Waals surface area contributed by atoms with Crippen molar-refractivity contribution in [1.82, 2.24) is 10.6 Å². The summed E-state index contributed by atoms with van der Waals surface area (Å²) in [4.78, 5) is 4.59. The first-order valence-corrected chi connectivity index (χ1v) is 9.58. The number of rotatable bonds is 14. The van der Waals surface area contributed by atoms with Gasteiger partial charge in [0.25, 0.3) is 0 Å². The van der Waals surface area contributed by atoms with Crippen molar-refractivity contribution < 1.29 is 9.47 Å². The van der Waals surface area contributed by atoms with E-state index in [0.717, 1.165) is 77.7 Å². The minimum Gasteiger partial charge on any atom is -0.382 e. The first kappa shape index (κ1) is 25.1. The molecule has 26 heavy (non-hydrogen) atoms. The molecule has 0 aliphatic rings. The van der Waals surface area contributed by atoms with Crippen molar-refractivity contribution in [2.75, 3.05) is 46.1 Å². The Labute approximate surface area is 176 Å². The molecule has 6 heteroatoms. The summed E-state index contributed by atoms with van der Waals surface area (Å²) in [7, 11) is 0. The molecule has 0 saturated carbocycles. The monoisotopic (exact) mass is 477 g/mol. The first-order chi connectivity index (χ1) is 12.4. The summed E-state index contributed by atoms with van der Waals surface area (Å²) in [5.41, 5.74) is 1.32. The fraction of sp³-hybridized carbons (Fsp3) is 0.650. The minimum atomic E-state index is 0. The number of hydrogen-bond donors (Lipinski definition) is 2. The average Bonchev–Trinajstić information content (AvgIpc) is 2.64. The van der Waals surface area contributed by atoms with Crippen molar-refractivity contribution >= 4 is 29.9 Å². The third kappa shape index (κ3) is 14.3. The highest BCUT2D eigenvalue weighted by Crippen LogP contribution is 1.99. The molecule has 0 amide bonds. The molecule has 0 aromatic heterocycles. The molecule has 0 unspecified atom stereocenters. The molecule has 0 saturated heterocycles. The molecule has 0 aliphatic carbocycles. The van der Waals surface area contributed by atoms with E-state index in [-0.39, 0.29) is 24.0 Å². The maximum atomic E-state index is 5.69. The number of unbranched alkanes of at least 4 members (excludes halogenated alkanes) is 1. The van der Waals surface area contributed by atoms with E-state index in [0.29, 0.717) is 0 Å². The van der Waals surface area contributed by atoms with Gasteiger partial charge in [0.05, 0.1) is 6.61 Å². The highest BCUT2D eigenvalue weighted by molar-refractivity contribution is 14.0. The van der Waals surface area contributed by atoms with E-state index in [2.05, 4.69) is 46.8 Å². The highest BCUT2D eigenvalue weighted by atomic mass is 127. The van der Waals surface area contributed by atoms with Gasteiger partial charge in [0, 0.05) is 39.5 Å². The molecule has 0 aliphatic heterocycles. The molecule has 0 atom stereocenters. The van der Waals surface area contributed by atoms with Gasteiger partial charge in [0.15, 0.2) is 5.96 Å². The van der Waals surface area contributed by atoms with Crippen LogP contribution in [-0.4, -0.2) is 52.0 Å². The van der Waals surface area contributed by atoms with E-state index in [1.807, 2.05) is 13.0 Å². The summed E-state index contributed by atoms with van der Waals surface area (Å²) in [5.74, 6) is 0.892. The second-order valence-corrected chi connectivity index (χ2v) is 5.79. The van der Waals surface area contributed by atoms with Crippen LogP contribution in [0.25, 0.3) is 0 Å². The first-order valence-electron chi connectivity index (χ1n) is 9.58. The largest absolute Gasteiger partial charge is 0.382 e. The third-order valence-corrected chi connectivity index (χ3v) is 3.65. The fourth-order valence-electron chi connectivity index (χ4n) is 2.32. The Kier molecular flexibility index (Phi) is 18.3. The zero-order valence-corrected chi connectivity index (χ0v) is 18.7. The lowest BCUT2D eigenvalue weighted by Crippen LogP contribution is -2.38. The molecule has 0 radical (unpaired) electrons. The zero-order valence-electron chi connectivity index (χ0n) is 16.3. The maximum Gasteiger partial charge on any atom is 0.191 e. The average molecular weight is 477 g/mol. The number of benzene rings is 1. The molecule has 0 heterocycles. The van der Waals surface area contributed by atoms with Crippen LogP contribution in [0.3, 0.4) is 0 Å². The van der Waals surface area contributed by atoms with E-state index >= 15 is 0 Å². The summed E-state index contributed by atoms with van der Waals surface area (Å²) in [5, 5.41) is 6.64. The summed E-state index contributed by atoms with van der Waals surface area (Å²) in [6.45, 7) is 9.84. The van der Waals surface area contributed by atoms with Crippen molar-refractivity contribution in [2.24, 2.45) is 4.99 Å². The van der Waals surface area contributed by atoms with Crippen LogP contribution in [0, 0.1) is 0 Å². The Bertz CT molecular complexity index is 444. The van der Waals surface area contributed by atoms with Gasteiger partial charge in [0.1, 0.15) is 0 Å². The van der Waals surface area contributed by atoms with Crippen LogP contribution in [0.5, 0.6) is 0 Å². The molecule has 1 rings (SSSR count). The second kappa shape index (κ2) is 18.9. The van der Waals surface area contributed by atoms with Crippen molar-refractivity contribution in [3.05, 3.63) is 35.9 Å². The summed E-state index contributed by atoms with van der Waals surface area (Å²) < 4.78 is 11.0. The predicted molar refractivity (Wildman–Crippen MR) is 121 cm³/mol. The Morgan fingerprint density at radius 3 is 2.42 bits per heavy atom.